The number of nitrogens with zero attached hydrogens (tertiary/aromatic N) is 4. The highest BCUT2D eigenvalue weighted by Gasteiger charge is 2.22. The number of aromatic nitrogens is 3. The van der Waals surface area contributed by atoms with Gasteiger partial charge in [-0.3, -0.25) is 9.36 Å². The molecule has 7 nitrogen and oxygen atoms in total. The molecule has 23 heavy (non-hydrogen) atoms. The van der Waals surface area contributed by atoms with Crippen LogP contribution in [-0.4, -0.2) is 52.7 Å². The summed E-state index contributed by atoms with van der Waals surface area (Å²) in [5, 5.41) is 9.25. The first-order valence-electron chi connectivity index (χ1n) is 7.41. The topological polar surface area (TPSA) is 86.3 Å². The lowest BCUT2D eigenvalue weighted by atomic mass is 10.2. The Bertz CT molecular complexity index is 697. The maximum atomic E-state index is 11.1. The van der Waals surface area contributed by atoms with Gasteiger partial charge in [0.05, 0.1) is 24.7 Å². The Hall–Kier alpha value is -2.06. The zero-order valence-corrected chi connectivity index (χ0v) is 13.8. The van der Waals surface area contributed by atoms with Gasteiger partial charge in [-0.15, -0.1) is 10.2 Å². The Labute approximate surface area is 138 Å². The van der Waals surface area contributed by atoms with Crippen molar-refractivity contribution < 1.29 is 9.53 Å². The standard InChI is InChI=1S/C15H19N5O2S/c1-11-3-2-4-12(9-11)20-14(19-5-7-22-8-6-19)17-18-15(20)23-10-13(16)21/h2-4,9H,5-8,10H2,1H3,(H2,16,21). The number of hydrogen-bond acceptors (Lipinski definition) is 6. The summed E-state index contributed by atoms with van der Waals surface area (Å²) in [4.78, 5) is 13.2. The first-order chi connectivity index (χ1) is 11.1. The summed E-state index contributed by atoms with van der Waals surface area (Å²) in [5.74, 6) is 0.570. The Kier molecular flexibility index (Phi) is 4.82. The molecule has 0 saturated carbocycles. The van der Waals surface area contributed by atoms with E-state index in [1.807, 2.05) is 29.7 Å². The largest absolute Gasteiger partial charge is 0.378 e. The number of carbonyl (C=O) groups is 1. The highest BCUT2D eigenvalue weighted by molar-refractivity contribution is 7.99. The van der Waals surface area contributed by atoms with Gasteiger partial charge in [-0.25, -0.2) is 0 Å². The van der Waals surface area contributed by atoms with E-state index in [0.29, 0.717) is 18.4 Å². The van der Waals surface area contributed by atoms with Crippen molar-refractivity contribution in [3.8, 4) is 5.69 Å². The number of carbonyl (C=O) groups excluding carboxylic acids is 1. The predicted octanol–water partition coefficient (Wildman–Crippen LogP) is 0.990. The minimum absolute atomic E-state index is 0.174. The highest BCUT2D eigenvalue weighted by atomic mass is 32.2. The third-order valence-electron chi connectivity index (χ3n) is 3.51. The van der Waals surface area contributed by atoms with Crippen LogP contribution in [0.15, 0.2) is 29.4 Å². The fourth-order valence-corrected chi connectivity index (χ4v) is 3.14. The van der Waals surface area contributed by atoms with E-state index < -0.39 is 0 Å². The lowest BCUT2D eigenvalue weighted by Gasteiger charge is -2.28. The van der Waals surface area contributed by atoms with E-state index in [2.05, 4.69) is 21.2 Å². The van der Waals surface area contributed by atoms with Crippen molar-refractivity contribution in [1.82, 2.24) is 14.8 Å². The molecule has 8 heteroatoms. The highest BCUT2D eigenvalue weighted by Crippen LogP contribution is 2.27. The number of amides is 1. The Balaban J connectivity index is 2.00. The summed E-state index contributed by atoms with van der Waals surface area (Å²) in [6.45, 7) is 4.92. The van der Waals surface area contributed by atoms with Gasteiger partial charge < -0.3 is 15.4 Å². The average Bonchev–Trinajstić information content (AvgIpc) is 2.97. The van der Waals surface area contributed by atoms with Gasteiger partial charge in [0, 0.05) is 13.1 Å². The maximum Gasteiger partial charge on any atom is 0.232 e. The Morgan fingerprint density at radius 2 is 2.13 bits per heavy atom. The smallest absolute Gasteiger partial charge is 0.232 e. The molecule has 0 bridgehead atoms. The van der Waals surface area contributed by atoms with Crippen LogP contribution >= 0.6 is 11.8 Å². The van der Waals surface area contributed by atoms with E-state index in [1.165, 1.54) is 11.8 Å². The van der Waals surface area contributed by atoms with Crippen molar-refractivity contribution in [3.63, 3.8) is 0 Å². The van der Waals surface area contributed by atoms with Gasteiger partial charge in [0.25, 0.3) is 0 Å². The average molecular weight is 333 g/mol. The van der Waals surface area contributed by atoms with Gasteiger partial charge in [0.1, 0.15) is 0 Å². The molecule has 1 aliphatic heterocycles. The molecule has 1 aromatic carbocycles. The Morgan fingerprint density at radius 3 is 2.83 bits per heavy atom. The van der Waals surface area contributed by atoms with Crippen LogP contribution in [0.5, 0.6) is 0 Å². The van der Waals surface area contributed by atoms with E-state index in [-0.39, 0.29) is 11.7 Å². The number of rotatable bonds is 5. The summed E-state index contributed by atoms with van der Waals surface area (Å²) < 4.78 is 7.38. The van der Waals surface area contributed by atoms with E-state index in [0.717, 1.165) is 30.3 Å². The number of ether oxygens (including phenoxy) is 1. The van der Waals surface area contributed by atoms with Gasteiger partial charge in [-0.1, -0.05) is 23.9 Å². The predicted molar refractivity (Wildman–Crippen MR) is 89.0 cm³/mol. The minimum atomic E-state index is -0.373. The molecule has 1 fully saturated rings. The van der Waals surface area contributed by atoms with Gasteiger partial charge in [0.2, 0.25) is 11.9 Å². The zero-order valence-electron chi connectivity index (χ0n) is 12.9. The van der Waals surface area contributed by atoms with Crippen molar-refractivity contribution in [2.24, 2.45) is 5.73 Å². The van der Waals surface area contributed by atoms with Crippen molar-refractivity contribution in [2.75, 3.05) is 37.0 Å². The molecule has 1 amide bonds. The summed E-state index contributed by atoms with van der Waals surface area (Å²) in [7, 11) is 0. The molecule has 0 spiro atoms. The van der Waals surface area contributed by atoms with Gasteiger partial charge in [-0.05, 0) is 24.6 Å². The van der Waals surface area contributed by atoms with Gasteiger partial charge in [-0.2, -0.15) is 0 Å². The van der Waals surface area contributed by atoms with Crippen LogP contribution in [0.25, 0.3) is 5.69 Å². The van der Waals surface area contributed by atoms with Crippen LogP contribution in [0.1, 0.15) is 5.56 Å². The molecule has 2 heterocycles. The SMILES string of the molecule is Cc1cccc(-n2c(SCC(N)=O)nnc2N2CCOCC2)c1. The third kappa shape index (κ3) is 3.65. The zero-order chi connectivity index (χ0) is 16.2. The second-order valence-corrected chi connectivity index (χ2v) is 6.25. The first-order valence-corrected chi connectivity index (χ1v) is 8.40. The van der Waals surface area contributed by atoms with Crippen LogP contribution in [0.4, 0.5) is 5.95 Å². The molecule has 122 valence electrons. The summed E-state index contributed by atoms with van der Waals surface area (Å²) in [6.07, 6.45) is 0. The number of thioether (sulfide) groups is 1. The number of nitrogens with two attached hydrogens (primary N) is 1. The monoisotopic (exact) mass is 333 g/mol. The number of hydrogen-bond donors (Lipinski definition) is 1. The van der Waals surface area contributed by atoms with Crippen LogP contribution < -0.4 is 10.6 Å². The van der Waals surface area contributed by atoms with E-state index in [4.69, 9.17) is 10.5 Å². The van der Waals surface area contributed by atoms with Crippen molar-refractivity contribution in [1.29, 1.82) is 0 Å². The minimum Gasteiger partial charge on any atom is -0.378 e. The van der Waals surface area contributed by atoms with E-state index in [9.17, 15) is 4.79 Å². The lowest BCUT2D eigenvalue weighted by molar-refractivity contribution is -0.115. The Morgan fingerprint density at radius 1 is 1.35 bits per heavy atom. The summed E-state index contributed by atoms with van der Waals surface area (Å²) in [6, 6.07) is 8.12. The van der Waals surface area contributed by atoms with Crippen LogP contribution in [0.3, 0.4) is 0 Å². The van der Waals surface area contributed by atoms with Gasteiger partial charge in [0.15, 0.2) is 5.16 Å². The quantitative estimate of drug-likeness (QED) is 0.821. The molecule has 0 atom stereocenters. The third-order valence-corrected chi connectivity index (χ3v) is 4.46. The van der Waals surface area contributed by atoms with E-state index in [1.54, 1.807) is 0 Å². The molecular formula is C15H19N5O2S. The lowest BCUT2D eigenvalue weighted by Crippen LogP contribution is -2.37. The molecule has 1 aromatic heterocycles. The van der Waals surface area contributed by atoms with E-state index >= 15 is 0 Å². The molecule has 1 saturated heterocycles. The van der Waals surface area contributed by atoms with Crippen LogP contribution in [0.2, 0.25) is 0 Å². The maximum absolute atomic E-state index is 11.1. The molecule has 0 unspecified atom stereocenters. The molecule has 0 aliphatic carbocycles. The number of aryl methyl sites for hydroxylation is 1. The number of primary amides is 1. The normalized spacial score (nSPS) is 14.9. The number of anilines is 1. The summed E-state index contributed by atoms with van der Waals surface area (Å²) >= 11 is 1.30. The molecule has 2 aromatic rings. The van der Waals surface area contributed by atoms with Crippen molar-refractivity contribution in [2.45, 2.75) is 12.1 Å². The fourth-order valence-electron chi connectivity index (χ4n) is 2.45. The van der Waals surface area contributed by atoms with Crippen LogP contribution in [0, 0.1) is 6.92 Å². The number of morpholine rings is 1. The second kappa shape index (κ2) is 7.01. The first kappa shape index (κ1) is 15.8. The molecule has 1 aliphatic rings. The molecule has 2 N–H and O–H groups in total. The number of benzene rings is 1. The van der Waals surface area contributed by atoms with Crippen LogP contribution in [-0.2, 0) is 9.53 Å². The molecular weight excluding hydrogens is 314 g/mol. The summed E-state index contributed by atoms with van der Waals surface area (Å²) in [5.41, 5.74) is 7.38. The second-order valence-electron chi connectivity index (χ2n) is 5.31. The van der Waals surface area contributed by atoms with Crippen molar-refractivity contribution in [3.05, 3.63) is 29.8 Å². The fraction of sp³-hybridized carbons (Fsp3) is 0.400. The van der Waals surface area contributed by atoms with Crippen molar-refractivity contribution >= 4 is 23.6 Å². The van der Waals surface area contributed by atoms with Gasteiger partial charge >= 0.3 is 0 Å². The molecule has 3 rings (SSSR count). The molecule has 0 radical (unpaired) electrons.